The monoisotopic (exact) mass is 308 g/mol. The summed E-state index contributed by atoms with van der Waals surface area (Å²) in [4.78, 5) is 11.0. The fourth-order valence-electron chi connectivity index (χ4n) is 2.60. The van der Waals surface area contributed by atoms with Crippen molar-refractivity contribution in [2.75, 3.05) is 31.1 Å². The Hall–Kier alpha value is -2.15. The second-order valence-electron chi connectivity index (χ2n) is 5.25. The molecule has 0 spiro atoms. The molecule has 3 rings (SSSR count). The van der Waals surface area contributed by atoms with E-state index in [1.54, 1.807) is 6.20 Å². The highest BCUT2D eigenvalue weighted by atomic mass is 19.1. The highest BCUT2D eigenvalue weighted by Gasteiger charge is 2.18. The summed E-state index contributed by atoms with van der Waals surface area (Å²) in [6.45, 7) is 3.35. The minimum Gasteiger partial charge on any atom is -0.369 e. The number of hydrogen-bond acceptors (Lipinski definition) is 4. The van der Waals surface area contributed by atoms with Crippen molar-refractivity contribution in [1.82, 2.24) is 14.9 Å². The average molecular weight is 308 g/mol. The van der Waals surface area contributed by atoms with E-state index in [-0.39, 0.29) is 5.82 Å². The van der Waals surface area contributed by atoms with Crippen molar-refractivity contribution >= 4 is 5.69 Å². The molecule has 22 heavy (non-hydrogen) atoms. The lowest BCUT2D eigenvalue weighted by molar-refractivity contribution is 0.249. The van der Waals surface area contributed by atoms with Crippen LogP contribution in [0.2, 0.25) is 0 Å². The van der Waals surface area contributed by atoms with Crippen molar-refractivity contribution < 1.29 is 13.2 Å². The van der Waals surface area contributed by atoms with Crippen LogP contribution in [-0.2, 0) is 6.54 Å². The van der Waals surface area contributed by atoms with Gasteiger partial charge in [0, 0.05) is 56.7 Å². The van der Waals surface area contributed by atoms with Gasteiger partial charge in [-0.15, -0.1) is 0 Å². The van der Waals surface area contributed by atoms with E-state index in [0.717, 1.165) is 18.7 Å². The fraction of sp³-hybridized carbons (Fsp3) is 0.333. The molecule has 0 aromatic carbocycles. The van der Waals surface area contributed by atoms with Crippen LogP contribution in [-0.4, -0.2) is 41.0 Å². The molecule has 0 bridgehead atoms. The van der Waals surface area contributed by atoms with Gasteiger partial charge in [-0.1, -0.05) is 0 Å². The smallest absolute Gasteiger partial charge is 0.217 e. The van der Waals surface area contributed by atoms with Crippen LogP contribution in [0.3, 0.4) is 0 Å². The Morgan fingerprint density at radius 3 is 2.23 bits per heavy atom. The van der Waals surface area contributed by atoms with Crippen LogP contribution in [0.1, 0.15) is 5.56 Å². The number of halogens is 3. The summed E-state index contributed by atoms with van der Waals surface area (Å²) in [6.07, 6.45) is 2.82. The largest absolute Gasteiger partial charge is 0.369 e. The number of nitrogens with zero attached hydrogens (tertiary/aromatic N) is 4. The van der Waals surface area contributed by atoms with Crippen LogP contribution in [0.4, 0.5) is 18.9 Å². The molecular formula is C15H15F3N4. The standard InChI is InChI=1S/C15H15F3N4/c16-12-5-11(8-19-9-12)10-21-1-3-22(4-2-21)13-6-14(17)20-15(18)7-13/h5-9H,1-4,10H2. The maximum absolute atomic E-state index is 13.2. The molecule has 4 nitrogen and oxygen atoms in total. The molecule has 0 radical (unpaired) electrons. The number of pyridine rings is 2. The summed E-state index contributed by atoms with van der Waals surface area (Å²) in [5, 5.41) is 0. The first-order valence-electron chi connectivity index (χ1n) is 7.00. The Kier molecular flexibility index (Phi) is 4.24. The van der Waals surface area contributed by atoms with Gasteiger partial charge < -0.3 is 4.90 Å². The summed E-state index contributed by atoms with van der Waals surface area (Å²) in [5.74, 6) is -1.98. The molecule has 0 N–H and O–H groups in total. The van der Waals surface area contributed by atoms with Crippen LogP contribution in [0, 0.1) is 17.7 Å². The number of aromatic nitrogens is 2. The Balaban J connectivity index is 1.60. The van der Waals surface area contributed by atoms with Gasteiger partial charge in [0.1, 0.15) is 5.82 Å². The Morgan fingerprint density at radius 2 is 1.59 bits per heavy atom. The Bertz CT molecular complexity index is 637. The number of anilines is 1. The minimum absolute atomic E-state index is 0.348. The molecule has 0 atom stereocenters. The zero-order valence-electron chi connectivity index (χ0n) is 11.8. The molecule has 1 fully saturated rings. The summed E-state index contributed by atoms with van der Waals surface area (Å²) in [7, 11) is 0. The predicted molar refractivity (Wildman–Crippen MR) is 75.8 cm³/mol. The van der Waals surface area contributed by atoms with Crippen molar-refractivity contribution in [2.24, 2.45) is 0 Å². The van der Waals surface area contributed by atoms with Gasteiger partial charge in [0.05, 0.1) is 6.20 Å². The molecule has 0 saturated carbocycles. The maximum Gasteiger partial charge on any atom is 0.217 e. The molecule has 0 aliphatic carbocycles. The van der Waals surface area contributed by atoms with Crippen molar-refractivity contribution in [1.29, 1.82) is 0 Å². The first kappa shape index (κ1) is 14.8. The van der Waals surface area contributed by atoms with E-state index in [0.29, 0.717) is 25.3 Å². The maximum atomic E-state index is 13.2. The van der Waals surface area contributed by atoms with Gasteiger partial charge in [-0.25, -0.2) is 4.39 Å². The lowest BCUT2D eigenvalue weighted by atomic mass is 10.2. The zero-order chi connectivity index (χ0) is 15.5. The highest BCUT2D eigenvalue weighted by Crippen LogP contribution is 2.18. The summed E-state index contributed by atoms with van der Waals surface area (Å²) >= 11 is 0. The van der Waals surface area contributed by atoms with Crippen LogP contribution in [0.15, 0.2) is 30.6 Å². The molecule has 0 unspecified atom stereocenters. The van der Waals surface area contributed by atoms with E-state index < -0.39 is 11.9 Å². The van der Waals surface area contributed by atoms with E-state index in [9.17, 15) is 13.2 Å². The summed E-state index contributed by atoms with van der Waals surface area (Å²) < 4.78 is 39.4. The second kappa shape index (κ2) is 6.31. The van der Waals surface area contributed by atoms with E-state index in [4.69, 9.17) is 0 Å². The summed E-state index contributed by atoms with van der Waals surface area (Å²) in [6, 6.07) is 3.93. The predicted octanol–water partition coefficient (Wildman–Crippen LogP) is 2.22. The van der Waals surface area contributed by atoms with Gasteiger partial charge >= 0.3 is 0 Å². The fourth-order valence-corrected chi connectivity index (χ4v) is 2.60. The van der Waals surface area contributed by atoms with Crippen molar-refractivity contribution in [3.05, 3.63) is 53.9 Å². The Morgan fingerprint density at radius 1 is 0.909 bits per heavy atom. The van der Waals surface area contributed by atoms with E-state index in [2.05, 4.69) is 14.9 Å². The molecule has 3 heterocycles. The molecule has 1 aliphatic heterocycles. The topological polar surface area (TPSA) is 32.3 Å². The molecule has 0 amide bonds. The third-order valence-corrected chi connectivity index (χ3v) is 3.65. The van der Waals surface area contributed by atoms with Gasteiger partial charge in [0.2, 0.25) is 11.9 Å². The third kappa shape index (κ3) is 3.54. The van der Waals surface area contributed by atoms with E-state index in [1.807, 2.05) is 4.90 Å². The van der Waals surface area contributed by atoms with Gasteiger partial charge in [0.25, 0.3) is 0 Å². The highest BCUT2D eigenvalue weighted by molar-refractivity contribution is 5.45. The zero-order valence-corrected chi connectivity index (χ0v) is 11.8. The van der Waals surface area contributed by atoms with Crippen LogP contribution in [0.5, 0.6) is 0 Å². The first-order valence-corrected chi connectivity index (χ1v) is 7.00. The molecule has 7 heteroatoms. The lowest BCUT2D eigenvalue weighted by Gasteiger charge is -2.36. The minimum atomic E-state index is -0.816. The Labute approximate surface area is 126 Å². The average Bonchev–Trinajstić information content (AvgIpc) is 2.47. The van der Waals surface area contributed by atoms with Crippen molar-refractivity contribution in [3.63, 3.8) is 0 Å². The van der Waals surface area contributed by atoms with Crippen LogP contribution in [0.25, 0.3) is 0 Å². The van der Waals surface area contributed by atoms with Gasteiger partial charge in [0.15, 0.2) is 0 Å². The molecule has 2 aromatic heterocycles. The number of rotatable bonds is 3. The normalized spacial score (nSPS) is 16.0. The number of hydrogen-bond donors (Lipinski definition) is 0. The second-order valence-corrected chi connectivity index (χ2v) is 5.25. The SMILES string of the molecule is Fc1cncc(CN2CCN(c3cc(F)nc(F)c3)CC2)c1. The molecule has 2 aromatic rings. The first-order chi connectivity index (χ1) is 10.6. The van der Waals surface area contributed by atoms with E-state index in [1.165, 1.54) is 24.4 Å². The van der Waals surface area contributed by atoms with E-state index >= 15 is 0 Å². The molecule has 116 valence electrons. The third-order valence-electron chi connectivity index (χ3n) is 3.65. The summed E-state index contributed by atoms with van der Waals surface area (Å²) in [5.41, 5.74) is 1.31. The van der Waals surface area contributed by atoms with Gasteiger partial charge in [-0.3, -0.25) is 9.88 Å². The van der Waals surface area contributed by atoms with Crippen LogP contribution < -0.4 is 4.90 Å². The molecule has 1 saturated heterocycles. The van der Waals surface area contributed by atoms with Crippen LogP contribution >= 0.6 is 0 Å². The van der Waals surface area contributed by atoms with Crippen molar-refractivity contribution in [2.45, 2.75) is 6.54 Å². The number of piperazine rings is 1. The quantitative estimate of drug-likeness (QED) is 0.814. The molecule has 1 aliphatic rings. The van der Waals surface area contributed by atoms with Gasteiger partial charge in [-0.05, 0) is 11.6 Å². The lowest BCUT2D eigenvalue weighted by Crippen LogP contribution is -2.46. The molecular weight excluding hydrogens is 293 g/mol. The van der Waals surface area contributed by atoms with Gasteiger partial charge in [-0.2, -0.15) is 13.8 Å². The van der Waals surface area contributed by atoms with Crippen molar-refractivity contribution in [3.8, 4) is 0 Å².